The van der Waals surface area contributed by atoms with Crippen molar-refractivity contribution in [2.75, 3.05) is 0 Å². The fourth-order valence-corrected chi connectivity index (χ4v) is 1.62. The Morgan fingerprint density at radius 2 is 1.56 bits per heavy atom. The molecule has 18 heavy (non-hydrogen) atoms. The van der Waals surface area contributed by atoms with Crippen LogP contribution in [0.4, 0.5) is 0 Å². The highest BCUT2D eigenvalue weighted by Gasteiger charge is 2.09. The van der Waals surface area contributed by atoms with Crippen molar-refractivity contribution in [3.8, 4) is 5.75 Å². The van der Waals surface area contributed by atoms with E-state index in [-0.39, 0.29) is 11.3 Å². The number of aromatic hydroxyl groups is 1. The summed E-state index contributed by atoms with van der Waals surface area (Å²) < 4.78 is 0. The highest BCUT2D eigenvalue weighted by Crippen LogP contribution is 2.19. The second kappa shape index (κ2) is 5.19. The average Bonchev–Trinajstić information content (AvgIpc) is 2.38. The van der Waals surface area contributed by atoms with Gasteiger partial charge in [0.15, 0.2) is 0 Å². The van der Waals surface area contributed by atoms with E-state index in [9.17, 15) is 15.0 Å². The van der Waals surface area contributed by atoms with Crippen molar-refractivity contribution in [1.29, 1.82) is 0 Å². The topological polar surface area (TPSA) is 57.5 Å². The maximum Gasteiger partial charge on any atom is 0.336 e. The van der Waals surface area contributed by atoms with E-state index in [1.54, 1.807) is 42.5 Å². The molecule has 2 aromatic carbocycles. The Kier molecular flexibility index (Phi) is 3.44. The van der Waals surface area contributed by atoms with E-state index in [4.69, 9.17) is 0 Å². The molecule has 0 saturated heterocycles. The second-order valence-corrected chi connectivity index (χ2v) is 3.82. The van der Waals surface area contributed by atoms with Gasteiger partial charge in [-0.25, -0.2) is 4.79 Å². The standard InChI is InChI=1S/C15H12O3/c16-13-8-6-11(7-9-13)10-14(15(17)18)12-4-2-1-3-5-12/h1-10,16H,(H,17,18). The zero-order chi connectivity index (χ0) is 13.0. The van der Waals surface area contributed by atoms with E-state index < -0.39 is 5.97 Å². The number of benzene rings is 2. The van der Waals surface area contributed by atoms with Gasteiger partial charge < -0.3 is 10.2 Å². The summed E-state index contributed by atoms with van der Waals surface area (Å²) >= 11 is 0. The molecule has 2 aromatic rings. The molecule has 0 heterocycles. The van der Waals surface area contributed by atoms with E-state index in [0.29, 0.717) is 5.56 Å². The molecule has 90 valence electrons. The SMILES string of the molecule is O=C(O)C(=Cc1ccc(O)cc1)c1ccccc1. The van der Waals surface area contributed by atoms with Gasteiger partial charge in [0.2, 0.25) is 0 Å². The molecular formula is C15H12O3. The van der Waals surface area contributed by atoms with Crippen molar-refractivity contribution >= 4 is 17.6 Å². The zero-order valence-electron chi connectivity index (χ0n) is 9.58. The minimum atomic E-state index is -0.978. The number of phenols is 1. The van der Waals surface area contributed by atoms with E-state index >= 15 is 0 Å². The van der Waals surface area contributed by atoms with Crippen LogP contribution in [0.3, 0.4) is 0 Å². The molecule has 3 nitrogen and oxygen atoms in total. The molecule has 2 rings (SSSR count). The van der Waals surface area contributed by atoms with Gasteiger partial charge >= 0.3 is 5.97 Å². The van der Waals surface area contributed by atoms with Gasteiger partial charge in [-0.3, -0.25) is 0 Å². The van der Waals surface area contributed by atoms with Crippen LogP contribution in [0.15, 0.2) is 54.6 Å². The van der Waals surface area contributed by atoms with Crippen LogP contribution in [-0.2, 0) is 4.79 Å². The molecule has 0 spiro atoms. The minimum Gasteiger partial charge on any atom is -0.508 e. The molecule has 0 bridgehead atoms. The summed E-state index contributed by atoms with van der Waals surface area (Å²) in [6.45, 7) is 0. The second-order valence-electron chi connectivity index (χ2n) is 3.82. The number of carboxylic acids is 1. The fourth-order valence-electron chi connectivity index (χ4n) is 1.62. The molecule has 0 aliphatic carbocycles. The predicted octanol–water partition coefficient (Wildman–Crippen LogP) is 3.02. The van der Waals surface area contributed by atoms with Crippen LogP contribution in [-0.4, -0.2) is 16.2 Å². The molecule has 0 saturated carbocycles. The lowest BCUT2D eigenvalue weighted by molar-refractivity contribution is -0.130. The van der Waals surface area contributed by atoms with Gasteiger partial charge in [-0.05, 0) is 29.3 Å². The number of rotatable bonds is 3. The Hall–Kier alpha value is -2.55. The number of hydrogen-bond donors (Lipinski definition) is 2. The van der Waals surface area contributed by atoms with Crippen molar-refractivity contribution in [3.63, 3.8) is 0 Å². The van der Waals surface area contributed by atoms with Crippen molar-refractivity contribution in [1.82, 2.24) is 0 Å². The van der Waals surface area contributed by atoms with Crippen LogP contribution in [0.5, 0.6) is 5.75 Å². The zero-order valence-corrected chi connectivity index (χ0v) is 9.58. The molecule has 0 aliphatic rings. The lowest BCUT2D eigenvalue weighted by Crippen LogP contribution is -1.99. The molecule has 3 heteroatoms. The van der Waals surface area contributed by atoms with E-state index in [0.717, 1.165) is 5.56 Å². The Morgan fingerprint density at radius 1 is 0.944 bits per heavy atom. The number of phenolic OH excluding ortho intramolecular Hbond substituents is 1. The maximum absolute atomic E-state index is 11.3. The molecule has 0 unspecified atom stereocenters. The van der Waals surface area contributed by atoms with Gasteiger partial charge in [0.25, 0.3) is 0 Å². The summed E-state index contributed by atoms with van der Waals surface area (Å²) in [4.78, 5) is 11.3. The van der Waals surface area contributed by atoms with Crippen LogP contribution in [0.2, 0.25) is 0 Å². The smallest absolute Gasteiger partial charge is 0.336 e. The summed E-state index contributed by atoms with van der Waals surface area (Å²) in [6.07, 6.45) is 1.58. The number of hydrogen-bond acceptors (Lipinski definition) is 2. The Labute approximate surface area is 105 Å². The highest BCUT2D eigenvalue weighted by molar-refractivity contribution is 6.20. The molecule has 0 atom stereocenters. The lowest BCUT2D eigenvalue weighted by Gasteiger charge is -2.03. The van der Waals surface area contributed by atoms with Crippen LogP contribution in [0.1, 0.15) is 11.1 Å². The first-order chi connectivity index (χ1) is 8.66. The third kappa shape index (κ3) is 2.77. The Morgan fingerprint density at radius 3 is 2.11 bits per heavy atom. The average molecular weight is 240 g/mol. The van der Waals surface area contributed by atoms with Crippen LogP contribution in [0, 0.1) is 0 Å². The van der Waals surface area contributed by atoms with Crippen LogP contribution in [0.25, 0.3) is 11.6 Å². The number of aliphatic carboxylic acids is 1. The predicted molar refractivity (Wildman–Crippen MR) is 70.1 cm³/mol. The van der Waals surface area contributed by atoms with E-state index in [2.05, 4.69) is 0 Å². The molecule has 0 amide bonds. The molecule has 2 N–H and O–H groups in total. The van der Waals surface area contributed by atoms with Crippen molar-refractivity contribution < 1.29 is 15.0 Å². The Bertz CT molecular complexity index is 568. The Balaban J connectivity index is 2.43. The minimum absolute atomic E-state index is 0.156. The van der Waals surface area contributed by atoms with E-state index in [1.165, 1.54) is 12.1 Å². The molecular weight excluding hydrogens is 228 g/mol. The molecule has 0 radical (unpaired) electrons. The van der Waals surface area contributed by atoms with Gasteiger partial charge in [-0.2, -0.15) is 0 Å². The number of carbonyl (C=O) groups is 1. The summed E-state index contributed by atoms with van der Waals surface area (Å²) in [7, 11) is 0. The van der Waals surface area contributed by atoms with Gasteiger partial charge in [0, 0.05) is 0 Å². The van der Waals surface area contributed by atoms with Crippen LogP contribution >= 0.6 is 0 Å². The quantitative estimate of drug-likeness (QED) is 0.640. The van der Waals surface area contributed by atoms with Crippen molar-refractivity contribution in [2.24, 2.45) is 0 Å². The summed E-state index contributed by atoms with van der Waals surface area (Å²) in [6, 6.07) is 15.3. The first-order valence-corrected chi connectivity index (χ1v) is 5.46. The van der Waals surface area contributed by atoms with E-state index in [1.807, 2.05) is 6.07 Å². The van der Waals surface area contributed by atoms with Crippen LogP contribution < -0.4 is 0 Å². The van der Waals surface area contributed by atoms with Gasteiger partial charge in [0.1, 0.15) is 5.75 Å². The van der Waals surface area contributed by atoms with Gasteiger partial charge in [0.05, 0.1) is 5.57 Å². The maximum atomic E-state index is 11.3. The normalized spacial score (nSPS) is 11.2. The molecule has 0 aliphatic heterocycles. The first kappa shape index (κ1) is 11.9. The highest BCUT2D eigenvalue weighted by atomic mass is 16.4. The van der Waals surface area contributed by atoms with Gasteiger partial charge in [-0.1, -0.05) is 42.5 Å². The fraction of sp³-hybridized carbons (Fsp3) is 0. The number of carboxylic acid groups (broad SMARTS) is 1. The summed E-state index contributed by atoms with van der Waals surface area (Å²) in [5.74, 6) is -0.821. The third-order valence-electron chi connectivity index (χ3n) is 2.52. The third-order valence-corrected chi connectivity index (χ3v) is 2.52. The largest absolute Gasteiger partial charge is 0.508 e. The molecule has 0 aromatic heterocycles. The molecule has 0 fully saturated rings. The van der Waals surface area contributed by atoms with Crippen molar-refractivity contribution in [2.45, 2.75) is 0 Å². The summed E-state index contributed by atoms with van der Waals surface area (Å²) in [5.41, 5.74) is 1.61. The first-order valence-electron chi connectivity index (χ1n) is 5.46. The van der Waals surface area contributed by atoms with Crippen molar-refractivity contribution in [3.05, 3.63) is 65.7 Å². The monoisotopic (exact) mass is 240 g/mol. The lowest BCUT2D eigenvalue weighted by atomic mass is 10.0. The van der Waals surface area contributed by atoms with Gasteiger partial charge in [-0.15, -0.1) is 0 Å². The summed E-state index contributed by atoms with van der Waals surface area (Å²) in [5, 5.41) is 18.4.